The van der Waals surface area contributed by atoms with Gasteiger partial charge in [0.15, 0.2) is 5.78 Å². The molecule has 0 spiro atoms. The number of hydrogen-bond donors (Lipinski definition) is 0. The van der Waals surface area contributed by atoms with Crippen molar-refractivity contribution in [2.45, 2.75) is 47.1 Å². The Morgan fingerprint density at radius 3 is 2.32 bits per heavy atom. The molecule has 0 radical (unpaired) electrons. The lowest BCUT2D eigenvalue weighted by atomic mass is 9.91. The summed E-state index contributed by atoms with van der Waals surface area (Å²) in [7, 11) is 1.40. The Balaban J connectivity index is 3.06. The summed E-state index contributed by atoms with van der Waals surface area (Å²) in [6, 6.07) is 0. The molecule has 0 atom stereocenters. The third-order valence-corrected chi connectivity index (χ3v) is 3.06. The first-order valence-corrected chi connectivity index (χ1v) is 6.45. The molecular weight excluding hydrogens is 244 g/mol. The van der Waals surface area contributed by atoms with Crippen LogP contribution in [0.15, 0.2) is 15.8 Å². The molecule has 0 bridgehead atoms. The molecule has 0 amide bonds. The molecule has 5 nitrogen and oxygen atoms in total. The van der Waals surface area contributed by atoms with E-state index in [9.17, 15) is 14.4 Å². The van der Waals surface area contributed by atoms with E-state index in [-0.39, 0.29) is 22.5 Å². The van der Waals surface area contributed by atoms with Crippen molar-refractivity contribution in [3.63, 3.8) is 0 Å². The molecule has 0 fully saturated rings. The standard InChI is InChI=1S/C14H22N2O3/c1-10(17)11-9-16(8-6-7-14(2,3)4)13(19)15(5)12(11)18/h9H,6-8H2,1-5H3. The maximum absolute atomic E-state index is 11.9. The highest BCUT2D eigenvalue weighted by atomic mass is 16.2. The van der Waals surface area contributed by atoms with Crippen molar-refractivity contribution in [1.29, 1.82) is 0 Å². The summed E-state index contributed by atoms with van der Waals surface area (Å²) in [5.41, 5.74) is -0.625. The molecule has 106 valence electrons. The van der Waals surface area contributed by atoms with Gasteiger partial charge >= 0.3 is 5.69 Å². The normalized spacial score (nSPS) is 11.6. The Bertz CT molecular complexity index is 588. The lowest BCUT2D eigenvalue weighted by Crippen LogP contribution is -2.40. The first kappa shape index (κ1) is 15.4. The second-order valence-electron chi connectivity index (χ2n) is 6.10. The van der Waals surface area contributed by atoms with E-state index in [2.05, 4.69) is 20.8 Å². The van der Waals surface area contributed by atoms with E-state index in [4.69, 9.17) is 0 Å². The molecule has 0 N–H and O–H groups in total. The summed E-state index contributed by atoms with van der Waals surface area (Å²) in [5, 5.41) is 0. The minimum absolute atomic E-state index is 0.0675. The quantitative estimate of drug-likeness (QED) is 0.777. The molecule has 1 rings (SSSR count). The van der Waals surface area contributed by atoms with Crippen molar-refractivity contribution in [3.8, 4) is 0 Å². The number of aryl methyl sites for hydroxylation is 1. The fraction of sp³-hybridized carbons (Fsp3) is 0.643. The predicted octanol–water partition coefficient (Wildman–Crippen LogP) is 1.58. The molecule has 0 aliphatic rings. The minimum Gasteiger partial charge on any atom is -0.300 e. The molecule has 0 aliphatic carbocycles. The van der Waals surface area contributed by atoms with Crippen molar-refractivity contribution < 1.29 is 4.79 Å². The van der Waals surface area contributed by atoms with Crippen molar-refractivity contribution in [2.75, 3.05) is 0 Å². The number of rotatable bonds is 4. The molecule has 0 saturated carbocycles. The maximum atomic E-state index is 11.9. The number of nitrogens with zero attached hydrogens (tertiary/aromatic N) is 2. The summed E-state index contributed by atoms with van der Waals surface area (Å²) < 4.78 is 2.44. The summed E-state index contributed by atoms with van der Waals surface area (Å²) in [6.45, 7) is 8.26. The van der Waals surface area contributed by atoms with Crippen molar-refractivity contribution in [1.82, 2.24) is 9.13 Å². The molecule has 0 aromatic carbocycles. The number of carbonyl (C=O) groups excluding carboxylic acids is 1. The van der Waals surface area contributed by atoms with Crippen molar-refractivity contribution in [2.24, 2.45) is 12.5 Å². The maximum Gasteiger partial charge on any atom is 0.330 e. The van der Waals surface area contributed by atoms with Crippen LogP contribution in [0, 0.1) is 5.41 Å². The van der Waals surface area contributed by atoms with Gasteiger partial charge in [-0.2, -0.15) is 0 Å². The van der Waals surface area contributed by atoms with Crippen LogP contribution < -0.4 is 11.2 Å². The smallest absolute Gasteiger partial charge is 0.300 e. The van der Waals surface area contributed by atoms with E-state index in [0.29, 0.717) is 6.54 Å². The van der Waals surface area contributed by atoms with Crippen LogP contribution in [0.25, 0.3) is 0 Å². The molecule has 0 saturated heterocycles. The third kappa shape index (κ3) is 3.91. The van der Waals surface area contributed by atoms with Crippen LogP contribution in [-0.2, 0) is 13.6 Å². The number of ketones is 1. The molecule has 0 unspecified atom stereocenters. The lowest BCUT2D eigenvalue weighted by molar-refractivity contribution is 0.101. The highest BCUT2D eigenvalue weighted by Crippen LogP contribution is 2.20. The van der Waals surface area contributed by atoms with Crippen LogP contribution >= 0.6 is 0 Å². The SMILES string of the molecule is CC(=O)c1cn(CCCC(C)(C)C)c(=O)n(C)c1=O. The molecule has 1 aromatic rings. The first-order chi connectivity index (χ1) is 8.63. The topological polar surface area (TPSA) is 61.1 Å². The van der Waals surface area contributed by atoms with Crippen LogP contribution in [0.2, 0.25) is 0 Å². The van der Waals surface area contributed by atoms with Crippen LogP contribution in [-0.4, -0.2) is 14.9 Å². The molecule has 0 aliphatic heterocycles. The molecular formula is C14H22N2O3. The van der Waals surface area contributed by atoms with Gasteiger partial charge < -0.3 is 0 Å². The fourth-order valence-electron chi connectivity index (χ4n) is 1.91. The van der Waals surface area contributed by atoms with Gasteiger partial charge in [-0.05, 0) is 25.2 Å². The highest BCUT2D eigenvalue weighted by molar-refractivity contribution is 5.93. The van der Waals surface area contributed by atoms with Gasteiger partial charge in [-0.25, -0.2) is 4.79 Å². The zero-order valence-electron chi connectivity index (χ0n) is 12.3. The Kier molecular flexibility index (Phi) is 4.50. The zero-order valence-corrected chi connectivity index (χ0v) is 12.3. The van der Waals surface area contributed by atoms with Gasteiger partial charge in [-0.1, -0.05) is 20.8 Å². The predicted molar refractivity (Wildman–Crippen MR) is 74.6 cm³/mol. The number of Topliss-reactive ketones (excluding diaryl/α,β-unsaturated/α-hetero) is 1. The monoisotopic (exact) mass is 266 g/mol. The van der Waals surface area contributed by atoms with Gasteiger partial charge in [0.25, 0.3) is 5.56 Å². The van der Waals surface area contributed by atoms with Crippen LogP contribution in [0.5, 0.6) is 0 Å². The van der Waals surface area contributed by atoms with Gasteiger partial charge in [0.05, 0.1) is 5.56 Å². The summed E-state index contributed by atoms with van der Waals surface area (Å²) in [6.07, 6.45) is 3.19. The van der Waals surface area contributed by atoms with Gasteiger partial charge in [-0.15, -0.1) is 0 Å². The Morgan fingerprint density at radius 2 is 1.84 bits per heavy atom. The van der Waals surface area contributed by atoms with Crippen molar-refractivity contribution in [3.05, 3.63) is 32.6 Å². The fourth-order valence-corrected chi connectivity index (χ4v) is 1.91. The lowest BCUT2D eigenvalue weighted by Gasteiger charge is -2.18. The number of hydrogen-bond acceptors (Lipinski definition) is 3. The second-order valence-corrected chi connectivity index (χ2v) is 6.10. The number of carbonyl (C=O) groups is 1. The van der Waals surface area contributed by atoms with Gasteiger partial charge in [0.2, 0.25) is 0 Å². The van der Waals surface area contributed by atoms with E-state index in [1.54, 1.807) is 0 Å². The number of aromatic nitrogens is 2. The van der Waals surface area contributed by atoms with E-state index < -0.39 is 5.56 Å². The van der Waals surface area contributed by atoms with E-state index in [1.165, 1.54) is 24.7 Å². The third-order valence-electron chi connectivity index (χ3n) is 3.06. The molecule has 1 aromatic heterocycles. The van der Waals surface area contributed by atoms with E-state index in [1.807, 2.05) is 0 Å². The highest BCUT2D eigenvalue weighted by Gasteiger charge is 2.13. The average molecular weight is 266 g/mol. The van der Waals surface area contributed by atoms with Gasteiger partial charge in [0, 0.05) is 19.8 Å². The average Bonchev–Trinajstić information content (AvgIpc) is 2.27. The van der Waals surface area contributed by atoms with Crippen molar-refractivity contribution >= 4 is 5.78 Å². The van der Waals surface area contributed by atoms with E-state index >= 15 is 0 Å². The Hall–Kier alpha value is -1.65. The summed E-state index contributed by atoms with van der Waals surface area (Å²) in [5.74, 6) is -0.315. The Morgan fingerprint density at radius 1 is 1.26 bits per heavy atom. The molecule has 1 heterocycles. The van der Waals surface area contributed by atoms with Gasteiger partial charge in [0.1, 0.15) is 0 Å². The summed E-state index contributed by atoms with van der Waals surface area (Å²) in [4.78, 5) is 35.1. The second kappa shape index (κ2) is 5.55. The van der Waals surface area contributed by atoms with Crippen LogP contribution in [0.1, 0.15) is 50.9 Å². The Labute approximate surface area is 112 Å². The first-order valence-electron chi connectivity index (χ1n) is 6.45. The minimum atomic E-state index is -0.524. The summed E-state index contributed by atoms with van der Waals surface area (Å²) >= 11 is 0. The van der Waals surface area contributed by atoms with Crippen LogP contribution in [0.4, 0.5) is 0 Å². The largest absolute Gasteiger partial charge is 0.330 e. The molecule has 19 heavy (non-hydrogen) atoms. The zero-order chi connectivity index (χ0) is 14.8. The van der Waals surface area contributed by atoms with E-state index in [0.717, 1.165) is 17.4 Å². The van der Waals surface area contributed by atoms with Crippen LogP contribution in [0.3, 0.4) is 0 Å². The van der Waals surface area contributed by atoms with Gasteiger partial charge in [-0.3, -0.25) is 18.7 Å². The molecule has 5 heteroatoms.